The summed E-state index contributed by atoms with van der Waals surface area (Å²) < 4.78 is 11.8. The number of thiophene rings is 1. The molecule has 0 amide bonds. The lowest BCUT2D eigenvalue weighted by molar-refractivity contribution is 0.0106. The molecule has 2 unspecified atom stereocenters. The van der Waals surface area contributed by atoms with Gasteiger partial charge in [0, 0.05) is 24.3 Å². The van der Waals surface area contributed by atoms with Crippen LogP contribution in [0.5, 0.6) is 0 Å². The van der Waals surface area contributed by atoms with Gasteiger partial charge in [-0.3, -0.25) is 0 Å². The number of carbonyl (C=O) groups is 1. The Morgan fingerprint density at radius 1 is 0.971 bits per heavy atom. The van der Waals surface area contributed by atoms with Crippen LogP contribution in [0.25, 0.3) is 10.8 Å². The number of hydrogen-bond acceptors (Lipinski definition) is 5. The molecule has 3 aromatic carbocycles. The first-order valence-corrected chi connectivity index (χ1v) is 12.8. The van der Waals surface area contributed by atoms with E-state index >= 15 is 0 Å². The lowest BCUT2D eigenvalue weighted by Crippen LogP contribution is -2.40. The minimum atomic E-state index is -0.251. The van der Waals surface area contributed by atoms with Crippen molar-refractivity contribution in [3.63, 3.8) is 0 Å². The Balaban J connectivity index is 1.17. The molecule has 0 spiro atoms. The first-order chi connectivity index (χ1) is 16.8. The molecule has 4 nitrogen and oxygen atoms in total. The van der Waals surface area contributed by atoms with Crippen LogP contribution in [0.2, 0.25) is 0 Å². The fourth-order valence-corrected chi connectivity index (χ4v) is 5.20. The molecule has 0 bridgehead atoms. The van der Waals surface area contributed by atoms with Crippen molar-refractivity contribution in [2.45, 2.75) is 31.5 Å². The van der Waals surface area contributed by atoms with Crippen LogP contribution in [0.3, 0.4) is 0 Å². The molecule has 34 heavy (non-hydrogen) atoms. The van der Waals surface area contributed by atoms with Crippen molar-refractivity contribution >= 4 is 28.1 Å². The smallest absolute Gasteiger partial charge is 0.338 e. The van der Waals surface area contributed by atoms with Crippen molar-refractivity contribution in [2.24, 2.45) is 0 Å². The molecule has 1 saturated heterocycles. The van der Waals surface area contributed by atoms with E-state index in [0.717, 1.165) is 19.5 Å². The quantitative estimate of drug-likeness (QED) is 0.322. The summed E-state index contributed by atoms with van der Waals surface area (Å²) in [5, 5.41) is 9.69. The first kappa shape index (κ1) is 22.8. The number of ether oxygens (including phenoxy) is 2. The Morgan fingerprint density at radius 3 is 2.62 bits per heavy atom. The summed E-state index contributed by atoms with van der Waals surface area (Å²) in [6.45, 7) is 2.86. The first-order valence-electron chi connectivity index (χ1n) is 11.8. The zero-order valence-corrected chi connectivity index (χ0v) is 19.9. The van der Waals surface area contributed by atoms with E-state index < -0.39 is 0 Å². The van der Waals surface area contributed by atoms with Crippen molar-refractivity contribution in [2.75, 3.05) is 19.7 Å². The molecule has 174 valence electrons. The van der Waals surface area contributed by atoms with Gasteiger partial charge in [-0.25, -0.2) is 4.79 Å². The average Bonchev–Trinajstić information content (AvgIpc) is 3.43. The van der Waals surface area contributed by atoms with E-state index in [0.29, 0.717) is 31.1 Å². The minimum Gasteiger partial charge on any atom is -0.462 e. The van der Waals surface area contributed by atoms with Gasteiger partial charge in [-0.15, -0.1) is 0 Å². The normalized spacial score (nSPS) is 18.1. The highest BCUT2D eigenvalue weighted by atomic mass is 32.1. The van der Waals surface area contributed by atoms with Gasteiger partial charge in [-0.05, 0) is 57.9 Å². The number of rotatable bonds is 8. The van der Waals surface area contributed by atoms with E-state index in [4.69, 9.17) is 9.47 Å². The van der Waals surface area contributed by atoms with Gasteiger partial charge in [0.05, 0.1) is 24.9 Å². The van der Waals surface area contributed by atoms with E-state index in [2.05, 4.69) is 72.0 Å². The topological polar surface area (TPSA) is 47.6 Å². The Kier molecular flexibility index (Phi) is 7.34. The summed E-state index contributed by atoms with van der Waals surface area (Å²) >= 11 is 1.50. The molecule has 1 fully saturated rings. The second-order valence-electron chi connectivity index (χ2n) is 8.77. The van der Waals surface area contributed by atoms with Gasteiger partial charge in [-0.1, -0.05) is 60.7 Å². The molecule has 1 aliphatic rings. The molecule has 5 heteroatoms. The van der Waals surface area contributed by atoms with Crippen molar-refractivity contribution in [3.05, 3.63) is 106 Å². The molecule has 1 aromatic heterocycles. The zero-order valence-electron chi connectivity index (χ0n) is 19.1. The van der Waals surface area contributed by atoms with Crippen LogP contribution in [0.4, 0.5) is 0 Å². The maximum absolute atomic E-state index is 12.0. The summed E-state index contributed by atoms with van der Waals surface area (Å²) in [6.07, 6.45) is 1.90. The fraction of sp³-hybridized carbons (Fsp3) is 0.276. The molecular weight excluding hydrogens is 442 g/mol. The van der Waals surface area contributed by atoms with Crippen molar-refractivity contribution in [3.8, 4) is 0 Å². The summed E-state index contributed by atoms with van der Waals surface area (Å²) in [7, 11) is 0. The molecular formula is C29H29NO3S. The van der Waals surface area contributed by atoms with E-state index in [1.54, 1.807) is 6.07 Å². The maximum Gasteiger partial charge on any atom is 0.338 e. The molecule has 1 N–H and O–H groups in total. The molecule has 4 aromatic rings. The van der Waals surface area contributed by atoms with Crippen LogP contribution in [-0.2, 0) is 22.5 Å². The molecule has 2 atom stereocenters. The predicted octanol–water partition coefficient (Wildman–Crippen LogP) is 5.96. The van der Waals surface area contributed by atoms with Crippen LogP contribution in [0, 0.1) is 0 Å². The summed E-state index contributed by atoms with van der Waals surface area (Å²) in [5.74, 6) is 0.117. The minimum absolute atomic E-state index is 0.137. The van der Waals surface area contributed by atoms with E-state index in [1.807, 2.05) is 10.8 Å². The number of hydrogen-bond donors (Lipinski definition) is 1. The average molecular weight is 472 g/mol. The highest BCUT2D eigenvalue weighted by Gasteiger charge is 2.27. The summed E-state index contributed by atoms with van der Waals surface area (Å²) in [4.78, 5) is 12.0. The maximum atomic E-state index is 12.0. The van der Waals surface area contributed by atoms with Crippen LogP contribution in [0.15, 0.2) is 83.6 Å². The molecule has 1 aliphatic heterocycles. The largest absolute Gasteiger partial charge is 0.462 e. The number of benzene rings is 3. The van der Waals surface area contributed by atoms with E-state index in [9.17, 15) is 4.79 Å². The van der Waals surface area contributed by atoms with Crippen molar-refractivity contribution in [1.29, 1.82) is 0 Å². The monoisotopic (exact) mass is 471 g/mol. The van der Waals surface area contributed by atoms with Gasteiger partial charge < -0.3 is 14.8 Å². The number of piperidine rings is 1. The highest BCUT2D eigenvalue weighted by Crippen LogP contribution is 2.29. The van der Waals surface area contributed by atoms with Gasteiger partial charge in [0.25, 0.3) is 0 Å². The third-order valence-corrected chi connectivity index (χ3v) is 7.18. The van der Waals surface area contributed by atoms with Crippen LogP contribution < -0.4 is 5.32 Å². The van der Waals surface area contributed by atoms with Gasteiger partial charge >= 0.3 is 5.97 Å². The Morgan fingerprint density at radius 2 is 1.79 bits per heavy atom. The SMILES string of the molecule is O=C(OCCc1ccc(C2CCNCC2OCc2ccc3ccccc3c2)cc1)c1ccsc1. The highest BCUT2D eigenvalue weighted by molar-refractivity contribution is 7.08. The number of nitrogens with one attached hydrogen (secondary N) is 1. The Labute approximate surface area is 204 Å². The summed E-state index contributed by atoms with van der Waals surface area (Å²) in [6, 6.07) is 25.5. The standard InChI is InChI=1S/C29H29NO3S/c31-29(26-13-16-34-20-26)32-15-12-21-5-9-24(10-6-21)27-11-14-30-18-28(27)33-19-22-7-8-23-3-1-2-4-25(23)17-22/h1-10,13,16-17,20,27-28,30H,11-12,14-15,18-19H2. The molecule has 0 radical (unpaired) electrons. The number of carbonyl (C=O) groups excluding carboxylic acids is 1. The van der Waals surface area contributed by atoms with Crippen LogP contribution in [0.1, 0.15) is 39.4 Å². The van der Waals surface area contributed by atoms with Gasteiger partial charge in [0.1, 0.15) is 0 Å². The molecule has 5 rings (SSSR count). The van der Waals surface area contributed by atoms with Gasteiger partial charge in [-0.2, -0.15) is 11.3 Å². The third-order valence-electron chi connectivity index (χ3n) is 6.49. The predicted molar refractivity (Wildman–Crippen MR) is 138 cm³/mol. The summed E-state index contributed by atoms with van der Waals surface area (Å²) in [5.41, 5.74) is 4.31. The fourth-order valence-electron chi connectivity index (χ4n) is 4.58. The van der Waals surface area contributed by atoms with Crippen molar-refractivity contribution in [1.82, 2.24) is 5.32 Å². The van der Waals surface area contributed by atoms with Crippen LogP contribution in [-0.4, -0.2) is 31.8 Å². The van der Waals surface area contributed by atoms with Gasteiger partial charge in [0.2, 0.25) is 0 Å². The van der Waals surface area contributed by atoms with E-state index in [1.165, 1.54) is 38.8 Å². The third kappa shape index (κ3) is 5.55. The second kappa shape index (κ2) is 11.0. The molecule has 2 heterocycles. The van der Waals surface area contributed by atoms with Crippen LogP contribution >= 0.6 is 11.3 Å². The Hall–Kier alpha value is -2.99. The van der Waals surface area contributed by atoms with Gasteiger partial charge in [0.15, 0.2) is 0 Å². The Bertz CT molecular complexity index is 1220. The number of esters is 1. The lowest BCUT2D eigenvalue weighted by Gasteiger charge is -2.32. The molecule has 0 aliphatic carbocycles. The molecule has 0 saturated carbocycles. The van der Waals surface area contributed by atoms with Crippen molar-refractivity contribution < 1.29 is 14.3 Å². The second-order valence-corrected chi connectivity index (χ2v) is 9.55. The zero-order chi connectivity index (χ0) is 23.2. The lowest BCUT2D eigenvalue weighted by atomic mass is 9.87. The van der Waals surface area contributed by atoms with E-state index in [-0.39, 0.29) is 12.1 Å². The number of fused-ring (bicyclic) bond motifs is 1.